The molecule has 0 saturated heterocycles. The van der Waals surface area contributed by atoms with Gasteiger partial charge in [-0.15, -0.1) is 0 Å². The van der Waals surface area contributed by atoms with Crippen molar-refractivity contribution in [1.82, 2.24) is 9.55 Å². The topological polar surface area (TPSA) is 55.1 Å². The minimum absolute atomic E-state index is 0.167. The molecule has 0 unspecified atom stereocenters. The van der Waals surface area contributed by atoms with Crippen LogP contribution in [0.3, 0.4) is 0 Å². The van der Waals surface area contributed by atoms with Gasteiger partial charge in [0, 0.05) is 12.2 Å². The van der Waals surface area contributed by atoms with Crippen LogP contribution in [0.4, 0.5) is 0 Å². The zero-order valence-corrected chi connectivity index (χ0v) is 17.9. The fourth-order valence-corrected chi connectivity index (χ4v) is 4.29. The van der Waals surface area contributed by atoms with Crippen LogP contribution < -0.4 is 5.56 Å². The molecule has 1 aromatic heterocycles. The van der Waals surface area contributed by atoms with E-state index in [1.165, 1.54) is 24.6 Å². The number of unbranched alkanes of at least 4 members (excludes halogenated alkanes) is 3. The van der Waals surface area contributed by atoms with E-state index < -0.39 is 0 Å². The Morgan fingerprint density at radius 3 is 2.45 bits per heavy atom. The molecule has 0 radical (unpaired) electrons. The molecular formula is C24H28N2O2S. The van der Waals surface area contributed by atoms with Gasteiger partial charge in [-0.2, -0.15) is 4.98 Å². The highest BCUT2D eigenvalue weighted by Crippen LogP contribution is 2.26. The Balaban J connectivity index is 2.02. The number of hydrogen-bond donors (Lipinski definition) is 1. The summed E-state index contributed by atoms with van der Waals surface area (Å²) in [6.07, 6.45) is 4.97. The first-order valence-corrected chi connectivity index (χ1v) is 11.2. The number of rotatable bonds is 9. The maximum Gasteiger partial charge on any atom is 0.266 e. The van der Waals surface area contributed by atoms with Crippen molar-refractivity contribution >= 4 is 11.8 Å². The van der Waals surface area contributed by atoms with Crippen molar-refractivity contribution in [1.29, 1.82) is 0 Å². The molecule has 1 heterocycles. The van der Waals surface area contributed by atoms with Gasteiger partial charge in [-0.3, -0.25) is 9.36 Å². The van der Waals surface area contributed by atoms with Crippen molar-refractivity contribution in [2.45, 2.75) is 51.1 Å². The minimum atomic E-state index is -0.202. The summed E-state index contributed by atoms with van der Waals surface area (Å²) in [7, 11) is 0. The van der Waals surface area contributed by atoms with Crippen LogP contribution in [-0.2, 0) is 6.42 Å². The van der Waals surface area contributed by atoms with Crippen LogP contribution in [0.15, 0.2) is 64.5 Å². The second-order valence-corrected chi connectivity index (χ2v) is 8.26. The number of hydrogen-bond acceptors (Lipinski definition) is 4. The molecule has 0 spiro atoms. The number of benzene rings is 2. The fourth-order valence-electron chi connectivity index (χ4n) is 3.30. The van der Waals surface area contributed by atoms with E-state index in [9.17, 15) is 9.90 Å². The third-order valence-corrected chi connectivity index (χ3v) is 5.96. The molecule has 0 aliphatic rings. The highest BCUT2D eigenvalue weighted by Gasteiger charge is 2.19. The third-order valence-electron chi connectivity index (χ3n) is 4.93. The Morgan fingerprint density at radius 2 is 1.72 bits per heavy atom. The van der Waals surface area contributed by atoms with Gasteiger partial charge in [-0.1, -0.05) is 86.5 Å². The lowest BCUT2D eigenvalue weighted by molar-refractivity contribution is 0.433. The summed E-state index contributed by atoms with van der Waals surface area (Å²) in [6.45, 7) is 4.18. The number of thioether (sulfide) groups is 1. The van der Waals surface area contributed by atoms with Crippen LogP contribution in [0.5, 0.6) is 5.88 Å². The molecule has 3 aromatic rings. The molecule has 0 saturated carbocycles. The first-order valence-electron chi connectivity index (χ1n) is 10.2. The molecule has 152 valence electrons. The van der Waals surface area contributed by atoms with E-state index in [4.69, 9.17) is 0 Å². The van der Waals surface area contributed by atoms with Gasteiger partial charge in [-0.05, 0) is 30.5 Å². The molecule has 2 aromatic carbocycles. The van der Waals surface area contributed by atoms with Crippen LogP contribution >= 0.6 is 11.8 Å². The summed E-state index contributed by atoms with van der Waals surface area (Å²) in [4.78, 5) is 17.9. The Morgan fingerprint density at radius 1 is 1.00 bits per heavy atom. The van der Waals surface area contributed by atoms with Gasteiger partial charge >= 0.3 is 0 Å². The lowest BCUT2D eigenvalue weighted by atomic mass is 10.1. The minimum Gasteiger partial charge on any atom is -0.493 e. The molecular weight excluding hydrogens is 380 g/mol. The average molecular weight is 409 g/mol. The smallest absolute Gasteiger partial charge is 0.266 e. The highest BCUT2D eigenvalue weighted by molar-refractivity contribution is 7.99. The van der Waals surface area contributed by atoms with E-state index in [2.05, 4.69) is 11.9 Å². The molecule has 5 heteroatoms. The van der Waals surface area contributed by atoms with E-state index >= 15 is 0 Å². The molecule has 0 bridgehead atoms. The lowest BCUT2D eigenvalue weighted by Crippen LogP contribution is -2.26. The molecule has 4 nitrogen and oxygen atoms in total. The molecule has 0 fully saturated rings. The Hall–Kier alpha value is -2.53. The van der Waals surface area contributed by atoms with E-state index in [0.29, 0.717) is 17.1 Å². The van der Waals surface area contributed by atoms with Gasteiger partial charge in [-0.25, -0.2) is 0 Å². The van der Waals surface area contributed by atoms with Crippen molar-refractivity contribution < 1.29 is 5.11 Å². The van der Waals surface area contributed by atoms with Crippen molar-refractivity contribution in [3.8, 4) is 11.6 Å². The lowest BCUT2D eigenvalue weighted by Gasteiger charge is -2.16. The number of aromatic nitrogens is 2. The SMILES string of the molecule is CCCCCCSc1nc(O)c(Cc2ccccc2)c(=O)n1-c1ccccc1C. The highest BCUT2D eigenvalue weighted by atomic mass is 32.2. The zero-order valence-electron chi connectivity index (χ0n) is 17.1. The average Bonchev–Trinajstić information content (AvgIpc) is 2.73. The molecule has 29 heavy (non-hydrogen) atoms. The molecule has 0 aliphatic carbocycles. The summed E-state index contributed by atoms with van der Waals surface area (Å²) in [6, 6.07) is 17.5. The molecule has 0 amide bonds. The first-order chi connectivity index (χ1) is 14.1. The van der Waals surface area contributed by atoms with Gasteiger partial charge in [0.15, 0.2) is 5.16 Å². The first kappa shape index (κ1) is 21.2. The van der Waals surface area contributed by atoms with E-state index in [1.807, 2.05) is 61.5 Å². The zero-order chi connectivity index (χ0) is 20.6. The standard InChI is InChI=1S/C24H28N2O2S/c1-3-4-5-11-16-29-24-25-22(27)20(17-19-13-7-6-8-14-19)23(28)26(24)21-15-10-9-12-18(21)2/h6-10,12-15,27H,3-5,11,16-17H2,1-2H3. The van der Waals surface area contributed by atoms with Gasteiger partial charge in [0.2, 0.25) is 5.88 Å². The molecule has 1 N–H and O–H groups in total. The van der Waals surface area contributed by atoms with Gasteiger partial charge in [0.25, 0.3) is 5.56 Å². The van der Waals surface area contributed by atoms with Crippen LogP contribution in [0, 0.1) is 6.92 Å². The van der Waals surface area contributed by atoms with Crippen molar-refractivity contribution in [2.75, 3.05) is 5.75 Å². The van der Waals surface area contributed by atoms with Crippen molar-refractivity contribution in [3.05, 3.63) is 81.6 Å². The molecule has 3 rings (SSSR count). The van der Waals surface area contributed by atoms with Crippen LogP contribution in [0.2, 0.25) is 0 Å². The number of aryl methyl sites for hydroxylation is 1. The summed E-state index contributed by atoms with van der Waals surface area (Å²) in [5.41, 5.74) is 2.91. The number of nitrogens with zero attached hydrogens (tertiary/aromatic N) is 2. The second-order valence-electron chi connectivity index (χ2n) is 7.20. The third kappa shape index (κ3) is 5.30. The number of para-hydroxylation sites is 1. The van der Waals surface area contributed by atoms with Crippen LogP contribution in [-0.4, -0.2) is 20.4 Å². The molecule has 0 aliphatic heterocycles. The summed E-state index contributed by atoms with van der Waals surface area (Å²) >= 11 is 1.54. The summed E-state index contributed by atoms with van der Waals surface area (Å²) in [5, 5.41) is 11.1. The fraction of sp³-hybridized carbons (Fsp3) is 0.333. The van der Waals surface area contributed by atoms with Crippen molar-refractivity contribution in [2.24, 2.45) is 0 Å². The summed E-state index contributed by atoms with van der Waals surface area (Å²) in [5.74, 6) is 0.704. The van der Waals surface area contributed by atoms with Gasteiger partial charge in [0.05, 0.1) is 11.3 Å². The second kappa shape index (κ2) is 10.3. The molecule has 0 atom stereocenters. The Bertz CT molecular complexity index is 1000. The predicted molar refractivity (Wildman–Crippen MR) is 120 cm³/mol. The summed E-state index contributed by atoms with van der Waals surface area (Å²) < 4.78 is 1.66. The predicted octanol–water partition coefficient (Wildman–Crippen LogP) is 5.51. The van der Waals surface area contributed by atoms with Gasteiger partial charge in [0.1, 0.15) is 0 Å². The van der Waals surface area contributed by atoms with Crippen LogP contribution in [0.25, 0.3) is 5.69 Å². The van der Waals surface area contributed by atoms with E-state index in [0.717, 1.165) is 35.4 Å². The quantitative estimate of drug-likeness (QED) is 0.288. The van der Waals surface area contributed by atoms with E-state index in [-0.39, 0.29) is 11.4 Å². The maximum absolute atomic E-state index is 13.5. The number of aromatic hydroxyl groups is 1. The monoisotopic (exact) mass is 408 g/mol. The van der Waals surface area contributed by atoms with E-state index in [1.54, 1.807) is 4.57 Å². The van der Waals surface area contributed by atoms with Crippen LogP contribution in [0.1, 0.15) is 49.3 Å². The largest absolute Gasteiger partial charge is 0.493 e. The Kier molecular flexibility index (Phi) is 7.53. The maximum atomic E-state index is 13.5. The van der Waals surface area contributed by atoms with Gasteiger partial charge < -0.3 is 5.11 Å². The Labute approximate surface area is 176 Å². The van der Waals surface area contributed by atoms with Crippen molar-refractivity contribution in [3.63, 3.8) is 0 Å². The normalized spacial score (nSPS) is 11.0.